The fourth-order valence-electron chi connectivity index (χ4n) is 5.71. The van der Waals surface area contributed by atoms with Crippen molar-refractivity contribution in [2.45, 2.75) is 78.7 Å². The molecule has 2 heterocycles. The van der Waals surface area contributed by atoms with Crippen LogP contribution in [0.5, 0.6) is 0 Å². The number of amides is 1. The van der Waals surface area contributed by atoms with Gasteiger partial charge in [-0.1, -0.05) is 63.6 Å². The lowest BCUT2D eigenvalue weighted by Gasteiger charge is -2.37. The third-order valence-corrected chi connectivity index (χ3v) is 11.2. The minimum Gasteiger partial charge on any atom is -0.509 e. The highest BCUT2D eigenvalue weighted by molar-refractivity contribution is 7.90. The molecular weight excluding hydrogens is 597 g/mol. The summed E-state index contributed by atoms with van der Waals surface area (Å²) in [6.07, 6.45) is 5.20. The predicted octanol–water partition coefficient (Wildman–Crippen LogP) is 6.21. The average molecular weight is 644 g/mol. The lowest BCUT2D eigenvalue weighted by atomic mass is 9.88. The van der Waals surface area contributed by atoms with Crippen molar-refractivity contribution in [3.05, 3.63) is 71.0 Å². The van der Waals surface area contributed by atoms with E-state index in [-0.39, 0.29) is 40.8 Å². The monoisotopic (exact) mass is 643 g/mol. The maximum atomic E-state index is 14.3. The SMILES string of the molecule is CCOP1(=O)N=C(C2=C(O)C(C)(Cc3ccccc3)N(CCC(C)(C)C)C2=O)Nc2ccc(CCCCCS(C)(=O)=O)cc21. The molecule has 2 atom stereocenters. The number of carbonyl (C=O) groups excluding carboxylic acids is 1. The second-order valence-electron chi connectivity index (χ2n) is 13.2. The van der Waals surface area contributed by atoms with Crippen molar-refractivity contribution in [2.24, 2.45) is 10.2 Å². The summed E-state index contributed by atoms with van der Waals surface area (Å²) in [5.74, 6) is -0.266. The zero-order chi connectivity index (χ0) is 32.3. The van der Waals surface area contributed by atoms with Crippen molar-refractivity contribution in [2.75, 3.05) is 30.5 Å². The van der Waals surface area contributed by atoms with E-state index in [1.165, 1.54) is 6.26 Å². The van der Waals surface area contributed by atoms with Gasteiger partial charge in [-0.2, -0.15) is 4.76 Å². The molecule has 2 aromatic carbocycles. The summed E-state index contributed by atoms with van der Waals surface area (Å²) in [4.78, 5) is 15.8. The fourth-order valence-corrected chi connectivity index (χ4v) is 8.27. The third kappa shape index (κ3) is 7.82. The van der Waals surface area contributed by atoms with E-state index in [0.29, 0.717) is 36.8 Å². The Morgan fingerprint density at radius 3 is 2.41 bits per heavy atom. The Balaban J connectivity index is 1.67. The molecule has 0 saturated heterocycles. The molecule has 2 aromatic rings. The molecule has 4 rings (SSSR count). The molecule has 1 amide bonds. The summed E-state index contributed by atoms with van der Waals surface area (Å²) < 4.78 is 47.5. The van der Waals surface area contributed by atoms with Crippen LogP contribution in [-0.4, -0.2) is 60.9 Å². The Kier molecular flexibility index (Phi) is 10.2. The first-order chi connectivity index (χ1) is 20.6. The van der Waals surface area contributed by atoms with Gasteiger partial charge in [0.15, 0.2) is 5.84 Å². The Morgan fingerprint density at radius 1 is 1.07 bits per heavy atom. The van der Waals surface area contributed by atoms with Gasteiger partial charge in [0.25, 0.3) is 5.91 Å². The summed E-state index contributed by atoms with van der Waals surface area (Å²) in [6, 6.07) is 15.3. The molecule has 2 N–H and O–H groups in total. The lowest BCUT2D eigenvalue weighted by molar-refractivity contribution is -0.129. The summed E-state index contributed by atoms with van der Waals surface area (Å²) in [5.41, 5.74) is 1.37. The standard InChI is InChI=1S/C33H46N3O6PS/c1-7-42-43(39)27-22-24(14-12-9-13-21-44(6,40)41)17-18-26(27)34-30(35-43)28-29(37)33(5,23-25-15-10-8-11-16-25)36(31(28)38)20-19-32(2,3)4/h8,10-11,15-18,22,37H,7,9,12-14,19-21,23H2,1-6H3,(H,34,35,39). The number of amidine groups is 1. The van der Waals surface area contributed by atoms with Crippen LogP contribution in [0.1, 0.15) is 71.4 Å². The number of aliphatic hydroxyl groups excluding tert-OH is 1. The van der Waals surface area contributed by atoms with Gasteiger partial charge in [-0.25, -0.2) is 8.42 Å². The Labute approximate surface area is 262 Å². The van der Waals surface area contributed by atoms with Gasteiger partial charge < -0.3 is 19.8 Å². The average Bonchev–Trinajstić information content (AvgIpc) is 3.10. The van der Waals surface area contributed by atoms with Crippen LogP contribution in [-0.2, 0) is 36.6 Å². The maximum Gasteiger partial charge on any atom is 0.348 e. The molecule has 0 bridgehead atoms. The topological polar surface area (TPSA) is 125 Å². The Hall–Kier alpha value is -2.94. The Bertz CT molecular complexity index is 1600. The van der Waals surface area contributed by atoms with Crippen LogP contribution in [0.25, 0.3) is 0 Å². The molecule has 240 valence electrons. The van der Waals surface area contributed by atoms with Crippen LogP contribution in [0, 0.1) is 5.41 Å². The number of benzene rings is 2. The smallest absolute Gasteiger partial charge is 0.348 e. The van der Waals surface area contributed by atoms with Crippen molar-refractivity contribution in [1.82, 2.24) is 4.90 Å². The number of aryl methyl sites for hydroxylation is 1. The van der Waals surface area contributed by atoms with Gasteiger partial charge in [0.1, 0.15) is 26.7 Å². The quantitative estimate of drug-likeness (QED) is 0.196. The normalized spacial score (nSPS) is 22.2. The summed E-state index contributed by atoms with van der Waals surface area (Å²) >= 11 is 0. The van der Waals surface area contributed by atoms with Crippen LogP contribution in [0.3, 0.4) is 0 Å². The minimum absolute atomic E-state index is 0.0119. The van der Waals surface area contributed by atoms with E-state index in [2.05, 4.69) is 30.9 Å². The van der Waals surface area contributed by atoms with Gasteiger partial charge >= 0.3 is 7.52 Å². The van der Waals surface area contributed by atoms with E-state index < -0.39 is 22.9 Å². The first kappa shape index (κ1) is 33.9. The second-order valence-corrected chi connectivity index (χ2v) is 17.5. The molecule has 2 aliphatic rings. The molecule has 9 nitrogen and oxygen atoms in total. The van der Waals surface area contributed by atoms with E-state index in [0.717, 1.165) is 30.4 Å². The highest BCUT2D eigenvalue weighted by Crippen LogP contribution is 2.53. The second kappa shape index (κ2) is 13.2. The number of nitrogens with one attached hydrogen (secondary N) is 1. The van der Waals surface area contributed by atoms with Crippen LogP contribution < -0.4 is 10.6 Å². The van der Waals surface area contributed by atoms with E-state index >= 15 is 0 Å². The number of hydrogen-bond donors (Lipinski definition) is 2. The van der Waals surface area contributed by atoms with E-state index in [1.807, 2.05) is 49.4 Å². The number of fused-ring (bicyclic) bond motifs is 1. The molecule has 0 aliphatic carbocycles. The highest BCUT2D eigenvalue weighted by Gasteiger charge is 2.51. The number of hydrogen-bond acceptors (Lipinski definition) is 7. The maximum absolute atomic E-state index is 14.3. The van der Waals surface area contributed by atoms with Crippen molar-refractivity contribution in [3.8, 4) is 0 Å². The number of aliphatic hydroxyl groups is 1. The van der Waals surface area contributed by atoms with Crippen LogP contribution >= 0.6 is 7.52 Å². The van der Waals surface area contributed by atoms with E-state index in [9.17, 15) is 22.9 Å². The minimum atomic E-state index is -3.80. The number of carbonyl (C=O) groups is 1. The zero-order valence-electron chi connectivity index (χ0n) is 26.7. The predicted molar refractivity (Wildman–Crippen MR) is 178 cm³/mol. The fraction of sp³-hybridized carbons (Fsp3) is 0.515. The highest BCUT2D eigenvalue weighted by atomic mass is 32.2. The van der Waals surface area contributed by atoms with Crippen molar-refractivity contribution >= 4 is 40.1 Å². The lowest BCUT2D eigenvalue weighted by Crippen LogP contribution is -2.49. The van der Waals surface area contributed by atoms with Gasteiger partial charge in [0, 0.05) is 25.0 Å². The molecule has 0 fully saturated rings. The molecule has 0 aromatic heterocycles. The molecule has 44 heavy (non-hydrogen) atoms. The molecule has 0 radical (unpaired) electrons. The largest absolute Gasteiger partial charge is 0.509 e. The van der Waals surface area contributed by atoms with Crippen molar-refractivity contribution in [1.29, 1.82) is 0 Å². The summed E-state index contributed by atoms with van der Waals surface area (Å²) in [7, 11) is -6.78. The number of nitrogens with zero attached hydrogens (tertiary/aromatic N) is 2. The molecule has 2 unspecified atom stereocenters. The van der Waals surface area contributed by atoms with E-state index in [1.54, 1.807) is 17.9 Å². The van der Waals surface area contributed by atoms with Gasteiger partial charge in [-0.15, -0.1) is 0 Å². The van der Waals surface area contributed by atoms with Gasteiger partial charge in [0.2, 0.25) is 0 Å². The molecule has 0 saturated carbocycles. The van der Waals surface area contributed by atoms with Crippen LogP contribution in [0.2, 0.25) is 0 Å². The van der Waals surface area contributed by atoms with Crippen molar-refractivity contribution < 1.29 is 27.4 Å². The third-order valence-electron chi connectivity index (χ3n) is 8.15. The number of rotatable bonds is 13. The zero-order valence-corrected chi connectivity index (χ0v) is 28.4. The van der Waals surface area contributed by atoms with E-state index in [4.69, 9.17) is 4.52 Å². The van der Waals surface area contributed by atoms with Crippen LogP contribution in [0.4, 0.5) is 5.69 Å². The molecular formula is C33H46N3O6PS. The number of sulfone groups is 1. The van der Waals surface area contributed by atoms with Crippen LogP contribution in [0.15, 0.2) is 64.6 Å². The number of anilines is 1. The Morgan fingerprint density at radius 2 is 1.77 bits per heavy atom. The van der Waals surface area contributed by atoms with Gasteiger partial charge in [-0.3, -0.25) is 9.36 Å². The van der Waals surface area contributed by atoms with Gasteiger partial charge in [-0.05, 0) is 68.2 Å². The summed E-state index contributed by atoms with van der Waals surface area (Å²) in [6.45, 7) is 10.5. The molecule has 2 aliphatic heterocycles. The first-order valence-corrected chi connectivity index (χ1v) is 18.9. The number of unbranched alkanes of at least 4 members (excludes halogenated alkanes) is 2. The molecule has 0 spiro atoms. The van der Waals surface area contributed by atoms with Gasteiger partial charge in [0.05, 0.1) is 17.6 Å². The first-order valence-electron chi connectivity index (χ1n) is 15.3. The van der Waals surface area contributed by atoms with Crippen molar-refractivity contribution in [3.63, 3.8) is 0 Å². The summed E-state index contributed by atoms with van der Waals surface area (Å²) in [5, 5.41) is 15.4. The molecule has 11 heteroatoms.